The van der Waals surface area contributed by atoms with Crippen molar-refractivity contribution in [1.82, 2.24) is 0 Å². The molecule has 3 fully saturated rings. The molecule has 0 spiro atoms. The Morgan fingerprint density at radius 2 is 1.84 bits per heavy atom. The molecule has 0 bridgehead atoms. The van der Waals surface area contributed by atoms with Crippen LogP contribution >= 0.6 is 0 Å². The van der Waals surface area contributed by atoms with E-state index in [4.69, 9.17) is 0 Å². The van der Waals surface area contributed by atoms with Gasteiger partial charge in [0.1, 0.15) is 0 Å². The molecular weight excluding hydrogens is 312 g/mol. The minimum absolute atomic E-state index is 0.0649. The van der Waals surface area contributed by atoms with Gasteiger partial charge in [-0.05, 0) is 84.5 Å². The number of rotatable bonds is 2. The quantitative estimate of drug-likeness (QED) is 0.778. The number of hydrogen-bond acceptors (Lipinski definition) is 2. The van der Waals surface area contributed by atoms with Gasteiger partial charge in [-0.2, -0.15) is 0 Å². The Bertz CT molecular complexity index is 637. The van der Waals surface area contributed by atoms with E-state index < -0.39 is 5.97 Å². The molecule has 4 aliphatic rings. The lowest BCUT2D eigenvalue weighted by Gasteiger charge is -2.60. The van der Waals surface area contributed by atoms with Crippen LogP contribution in [-0.4, -0.2) is 16.9 Å². The Morgan fingerprint density at radius 3 is 2.56 bits per heavy atom. The van der Waals surface area contributed by atoms with Crippen LogP contribution in [0, 0.1) is 39.9 Å². The van der Waals surface area contributed by atoms with E-state index in [1.54, 1.807) is 0 Å². The molecule has 25 heavy (non-hydrogen) atoms. The van der Waals surface area contributed by atoms with Crippen LogP contribution in [-0.2, 0) is 9.59 Å². The van der Waals surface area contributed by atoms with Gasteiger partial charge in [0, 0.05) is 6.42 Å². The summed E-state index contributed by atoms with van der Waals surface area (Å²) >= 11 is 0. The third-order valence-corrected chi connectivity index (χ3v) is 9.36. The largest absolute Gasteiger partial charge is 0.481 e. The van der Waals surface area contributed by atoms with Gasteiger partial charge in [0.2, 0.25) is 0 Å². The van der Waals surface area contributed by atoms with Crippen LogP contribution in [0.15, 0.2) is 12.2 Å². The van der Waals surface area contributed by atoms with Gasteiger partial charge in [0.05, 0.1) is 6.42 Å². The van der Waals surface area contributed by atoms with Crippen LogP contribution < -0.4 is 0 Å². The van der Waals surface area contributed by atoms with E-state index in [1.165, 1.54) is 19.3 Å². The third-order valence-electron chi connectivity index (χ3n) is 9.36. The first-order chi connectivity index (χ1) is 11.7. The van der Waals surface area contributed by atoms with Crippen molar-refractivity contribution in [3.8, 4) is 0 Å². The van der Waals surface area contributed by atoms with E-state index in [1.807, 2.05) is 6.08 Å². The van der Waals surface area contributed by atoms with E-state index in [9.17, 15) is 14.7 Å². The van der Waals surface area contributed by atoms with Crippen LogP contribution in [0.5, 0.6) is 0 Å². The highest BCUT2D eigenvalue weighted by atomic mass is 16.4. The molecular formula is C22H32O3. The van der Waals surface area contributed by atoms with Crippen LogP contribution in [0.1, 0.15) is 72.1 Å². The second-order valence-corrected chi connectivity index (χ2v) is 10.1. The van der Waals surface area contributed by atoms with Crippen molar-refractivity contribution in [2.24, 2.45) is 39.9 Å². The SMILES string of the molecule is C[C@]12C=CC(=O)C[C@H]1CC[C@@H]1[C@@H]2CC[C@@]2(C)[C@H]1CC[C@]2(C)CC(=O)O. The second-order valence-electron chi connectivity index (χ2n) is 10.1. The molecule has 0 radical (unpaired) electrons. The van der Waals surface area contributed by atoms with Gasteiger partial charge >= 0.3 is 5.97 Å². The Labute approximate surface area is 151 Å². The molecule has 0 aromatic rings. The smallest absolute Gasteiger partial charge is 0.303 e. The maximum atomic E-state index is 11.9. The summed E-state index contributed by atoms with van der Waals surface area (Å²) in [5.41, 5.74) is 0.262. The first-order valence-corrected chi connectivity index (χ1v) is 10.1. The molecule has 3 heteroatoms. The van der Waals surface area contributed by atoms with Crippen LogP contribution in [0.2, 0.25) is 0 Å². The van der Waals surface area contributed by atoms with Gasteiger partial charge in [-0.15, -0.1) is 0 Å². The average molecular weight is 344 g/mol. The summed E-state index contributed by atoms with van der Waals surface area (Å²) in [5, 5.41) is 9.46. The topological polar surface area (TPSA) is 54.4 Å². The molecule has 138 valence electrons. The number of carboxylic acid groups (broad SMARTS) is 1. The summed E-state index contributed by atoms with van der Waals surface area (Å²) in [7, 11) is 0. The van der Waals surface area contributed by atoms with E-state index in [0.29, 0.717) is 35.9 Å². The molecule has 0 heterocycles. The summed E-state index contributed by atoms with van der Waals surface area (Å²) in [4.78, 5) is 23.4. The van der Waals surface area contributed by atoms with Crippen LogP contribution in [0.4, 0.5) is 0 Å². The molecule has 4 aliphatic carbocycles. The number of carboxylic acids is 1. The molecule has 0 aliphatic heterocycles. The predicted octanol–water partition coefficient (Wildman–Crippen LogP) is 4.86. The number of hydrogen-bond donors (Lipinski definition) is 1. The highest BCUT2D eigenvalue weighted by Crippen LogP contribution is 2.70. The van der Waals surface area contributed by atoms with Gasteiger partial charge in [0.15, 0.2) is 5.78 Å². The Morgan fingerprint density at radius 1 is 1.12 bits per heavy atom. The molecule has 0 aromatic carbocycles. The molecule has 3 saturated carbocycles. The van der Waals surface area contributed by atoms with Crippen molar-refractivity contribution in [3.63, 3.8) is 0 Å². The Kier molecular flexibility index (Phi) is 3.76. The number of fused-ring (bicyclic) bond motifs is 5. The van der Waals surface area contributed by atoms with Crippen LogP contribution in [0.3, 0.4) is 0 Å². The number of aliphatic carboxylic acids is 1. The van der Waals surface area contributed by atoms with Crippen molar-refractivity contribution in [2.75, 3.05) is 0 Å². The first kappa shape index (κ1) is 17.3. The lowest BCUT2D eigenvalue weighted by molar-refractivity contribution is -0.145. The fourth-order valence-electron chi connectivity index (χ4n) is 7.62. The number of carbonyl (C=O) groups excluding carboxylic acids is 1. The zero-order valence-corrected chi connectivity index (χ0v) is 15.9. The van der Waals surface area contributed by atoms with Gasteiger partial charge in [-0.25, -0.2) is 0 Å². The lowest BCUT2D eigenvalue weighted by Crippen LogP contribution is -2.53. The normalized spacial score (nSPS) is 51.6. The first-order valence-electron chi connectivity index (χ1n) is 10.1. The molecule has 1 N–H and O–H groups in total. The highest BCUT2D eigenvalue weighted by Gasteiger charge is 2.63. The molecule has 0 unspecified atom stereocenters. The summed E-state index contributed by atoms with van der Waals surface area (Å²) in [6.07, 6.45) is 12.1. The minimum atomic E-state index is -0.643. The van der Waals surface area contributed by atoms with E-state index in [0.717, 1.165) is 25.7 Å². The standard InChI is InChI=1S/C22H32O3/c1-20(13-19(24)25)9-7-18-16-5-4-14-12-15(23)6-10-21(14,2)17(16)8-11-22(18,20)3/h6,10,14,16-18H,4-5,7-9,11-13H2,1-3H3,(H,24,25)/t14-,16-,17+,18+,20-,21+,22+/m1/s1. The monoisotopic (exact) mass is 344 g/mol. The van der Waals surface area contributed by atoms with Gasteiger partial charge in [0.25, 0.3) is 0 Å². The summed E-state index contributed by atoms with van der Waals surface area (Å²) in [6, 6.07) is 0. The van der Waals surface area contributed by atoms with Crippen molar-refractivity contribution in [3.05, 3.63) is 12.2 Å². The van der Waals surface area contributed by atoms with Crippen molar-refractivity contribution in [2.45, 2.75) is 72.1 Å². The fourth-order valence-corrected chi connectivity index (χ4v) is 7.62. The zero-order chi connectivity index (χ0) is 18.0. The number of carbonyl (C=O) groups is 2. The molecule has 0 saturated heterocycles. The molecule has 7 atom stereocenters. The second kappa shape index (κ2) is 5.44. The van der Waals surface area contributed by atoms with Crippen molar-refractivity contribution in [1.29, 1.82) is 0 Å². The summed E-state index contributed by atoms with van der Waals surface area (Å²) in [6.45, 7) is 7.01. The summed E-state index contributed by atoms with van der Waals surface area (Å²) in [5.74, 6) is 2.20. The average Bonchev–Trinajstić information content (AvgIpc) is 2.79. The fraction of sp³-hybridized carbons (Fsp3) is 0.818. The molecule has 0 aromatic heterocycles. The Hall–Kier alpha value is -1.12. The molecule has 4 rings (SSSR count). The van der Waals surface area contributed by atoms with E-state index in [2.05, 4.69) is 26.8 Å². The maximum Gasteiger partial charge on any atom is 0.303 e. The highest BCUT2D eigenvalue weighted by molar-refractivity contribution is 5.91. The Balaban J connectivity index is 1.65. The van der Waals surface area contributed by atoms with Gasteiger partial charge in [-0.3, -0.25) is 9.59 Å². The zero-order valence-electron chi connectivity index (χ0n) is 15.9. The lowest BCUT2D eigenvalue weighted by atomic mass is 9.44. The van der Waals surface area contributed by atoms with Crippen molar-refractivity contribution >= 4 is 11.8 Å². The summed E-state index contributed by atoms with van der Waals surface area (Å²) < 4.78 is 0. The van der Waals surface area contributed by atoms with Gasteiger partial charge in [-0.1, -0.05) is 26.8 Å². The predicted molar refractivity (Wildman–Crippen MR) is 97.0 cm³/mol. The van der Waals surface area contributed by atoms with E-state index in [-0.39, 0.29) is 16.2 Å². The van der Waals surface area contributed by atoms with Crippen LogP contribution in [0.25, 0.3) is 0 Å². The number of ketones is 1. The molecule has 0 amide bonds. The maximum absolute atomic E-state index is 11.9. The minimum Gasteiger partial charge on any atom is -0.481 e. The molecule has 3 nitrogen and oxygen atoms in total. The van der Waals surface area contributed by atoms with Crippen molar-refractivity contribution < 1.29 is 14.7 Å². The number of allylic oxidation sites excluding steroid dienone is 2. The third kappa shape index (κ3) is 2.30. The van der Waals surface area contributed by atoms with E-state index >= 15 is 0 Å². The van der Waals surface area contributed by atoms with Gasteiger partial charge < -0.3 is 5.11 Å².